The molecule has 7 aromatic carbocycles. The highest BCUT2D eigenvalue weighted by molar-refractivity contribution is 5.91. The summed E-state index contributed by atoms with van der Waals surface area (Å²) in [5.41, 5.74) is 11.7. The largest absolute Gasteiger partial charge is 0.311 e. The summed E-state index contributed by atoms with van der Waals surface area (Å²) in [4.78, 5) is 4.61. The highest BCUT2D eigenvalue weighted by atomic mass is 15.1. The minimum atomic E-state index is 1.13. The predicted molar refractivity (Wildman–Crippen MR) is 198 cm³/mol. The predicted octanol–water partition coefficient (Wildman–Crippen LogP) is 12.6. The first kappa shape index (κ1) is 28.9. The van der Waals surface area contributed by atoms with Gasteiger partial charge in [0.05, 0.1) is 0 Å². The molecule has 0 unspecified atom stereocenters. The lowest BCUT2D eigenvalue weighted by Gasteiger charge is -2.26. The van der Waals surface area contributed by atoms with E-state index in [1.807, 2.05) is 0 Å². The van der Waals surface area contributed by atoms with Crippen LogP contribution in [0.1, 0.15) is 22.3 Å². The van der Waals surface area contributed by atoms with E-state index in [1.54, 1.807) is 0 Å². The Morgan fingerprint density at radius 2 is 0.696 bits per heavy atom. The second-order valence-electron chi connectivity index (χ2n) is 11.7. The molecule has 46 heavy (non-hydrogen) atoms. The first-order valence-electron chi connectivity index (χ1n) is 15.8. The van der Waals surface area contributed by atoms with E-state index in [1.165, 1.54) is 27.5 Å². The van der Waals surface area contributed by atoms with E-state index in [0.717, 1.165) is 39.7 Å². The SMILES string of the molecule is Cc1ccc(N(c2ccc(C)cc2)c2ccc3cc(C=Cc4ccc(N(c5ccccc5)c5ccccc5)cc4)ccc3c2)cc1. The molecule has 0 N–H and O–H groups in total. The summed E-state index contributed by atoms with van der Waals surface area (Å²) in [6.45, 7) is 4.26. The number of rotatable bonds is 8. The third-order valence-electron chi connectivity index (χ3n) is 8.34. The van der Waals surface area contributed by atoms with Crippen LogP contribution in [-0.4, -0.2) is 0 Å². The smallest absolute Gasteiger partial charge is 0.0468 e. The number of benzene rings is 7. The Morgan fingerprint density at radius 3 is 1.24 bits per heavy atom. The molecule has 0 aliphatic heterocycles. The third-order valence-corrected chi connectivity index (χ3v) is 8.34. The number of nitrogens with zero attached hydrogens (tertiary/aromatic N) is 2. The van der Waals surface area contributed by atoms with Crippen molar-refractivity contribution in [2.24, 2.45) is 0 Å². The van der Waals surface area contributed by atoms with Crippen molar-refractivity contribution in [2.45, 2.75) is 13.8 Å². The fourth-order valence-corrected chi connectivity index (χ4v) is 5.86. The number of aryl methyl sites for hydroxylation is 2. The molecule has 7 rings (SSSR count). The minimum absolute atomic E-state index is 1.13. The van der Waals surface area contributed by atoms with E-state index >= 15 is 0 Å². The first-order valence-corrected chi connectivity index (χ1v) is 15.8. The van der Waals surface area contributed by atoms with E-state index in [0.29, 0.717) is 0 Å². The van der Waals surface area contributed by atoms with Crippen LogP contribution in [0.3, 0.4) is 0 Å². The van der Waals surface area contributed by atoms with Crippen molar-refractivity contribution in [3.05, 3.63) is 192 Å². The molecular weight excluding hydrogens is 556 g/mol. The van der Waals surface area contributed by atoms with Crippen LogP contribution in [0.4, 0.5) is 34.1 Å². The van der Waals surface area contributed by atoms with Gasteiger partial charge in [-0.15, -0.1) is 0 Å². The molecule has 0 aliphatic carbocycles. The quantitative estimate of drug-likeness (QED) is 0.162. The highest BCUT2D eigenvalue weighted by Gasteiger charge is 2.14. The lowest BCUT2D eigenvalue weighted by Crippen LogP contribution is -2.09. The van der Waals surface area contributed by atoms with Crippen molar-refractivity contribution in [1.82, 2.24) is 0 Å². The van der Waals surface area contributed by atoms with E-state index in [9.17, 15) is 0 Å². The molecule has 222 valence electrons. The molecule has 2 nitrogen and oxygen atoms in total. The van der Waals surface area contributed by atoms with Crippen molar-refractivity contribution in [1.29, 1.82) is 0 Å². The number of para-hydroxylation sites is 2. The lowest BCUT2D eigenvalue weighted by atomic mass is 10.0. The second-order valence-corrected chi connectivity index (χ2v) is 11.7. The Bertz CT molecular complexity index is 1990. The van der Waals surface area contributed by atoms with Crippen LogP contribution in [0.5, 0.6) is 0 Å². The van der Waals surface area contributed by atoms with Crippen LogP contribution >= 0.6 is 0 Å². The Labute approximate surface area is 272 Å². The van der Waals surface area contributed by atoms with Crippen molar-refractivity contribution in [2.75, 3.05) is 9.80 Å². The second kappa shape index (κ2) is 13.0. The summed E-state index contributed by atoms with van der Waals surface area (Å²) in [5.74, 6) is 0. The maximum Gasteiger partial charge on any atom is 0.0468 e. The Kier molecular flexibility index (Phi) is 8.17. The van der Waals surface area contributed by atoms with Gasteiger partial charge in [-0.3, -0.25) is 0 Å². The Morgan fingerprint density at radius 1 is 0.326 bits per heavy atom. The topological polar surface area (TPSA) is 6.48 Å². The number of anilines is 6. The van der Waals surface area contributed by atoms with Gasteiger partial charge in [0.25, 0.3) is 0 Å². The molecule has 7 aromatic rings. The number of hydrogen-bond acceptors (Lipinski definition) is 2. The standard InChI is InChI=1S/C44H36N2/c1-33-13-24-41(25-14-33)46(42-26-15-34(2)16-27-42)44-30-23-37-31-36(19-22-38(37)32-44)18-17-35-20-28-43(29-21-35)45(39-9-5-3-6-10-39)40-11-7-4-8-12-40/h3-32H,1-2H3. The van der Waals surface area contributed by atoms with Crippen LogP contribution in [0.25, 0.3) is 22.9 Å². The lowest BCUT2D eigenvalue weighted by molar-refractivity contribution is 1.27. The maximum atomic E-state index is 2.33. The Hall–Kier alpha value is -5.86. The van der Waals surface area contributed by atoms with Gasteiger partial charge in [0.15, 0.2) is 0 Å². The van der Waals surface area contributed by atoms with E-state index < -0.39 is 0 Å². The molecule has 0 bridgehead atoms. The van der Waals surface area contributed by atoms with E-state index in [4.69, 9.17) is 0 Å². The van der Waals surface area contributed by atoms with Gasteiger partial charge in [-0.05, 0) is 115 Å². The van der Waals surface area contributed by atoms with Crippen LogP contribution in [0.2, 0.25) is 0 Å². The highest BCUT2D eigenvalue weighted by Crippen LogP contribution is 2.37. The van der Waals surface area contributed by atoms with Crippen molar-refractivity contribution >= 4 is 57.0 Å². The van der Waals surface area contributed by atoms with Crippen LogP contribution in [0.15, 0.2) is 170 Å². The van der Waals surface area contributed by atoms with Gasteiger partial charge in [-0.25, -0.2) is 0 Å². The fraction of sp³-hybridized carbons (Fsp3) is 0.0455. The average Bonchev–Trinajstić information content (AvgIpc) is 3.11. The summed E-state index contributed by atoms with van der Waals surface area (Å²) >= 11 is 0. The molecule has 0 atom stereocenters. The van der Waals surface area contributed by atoms with Crippen molar-refractivity contribution in [3.63, 3.8) is 0 Å². The molecule has 0 heterocycles. The minimum Gasteiger partial charge on any atom is -0.311 e. The molecule has 2 heteroatoms. The van der Waals surface area contributed by atoms with Gasteiger partial charge < -0.3 is 9.80 Å². The van der Waals surface area contributed by atoms with Gasteiger partial charge in [0, 0.05) is 34.1 Å². The summed E-state index contributed by atoms with van der Waals surface area (Å²) in [5, 5.41) is 2.43. The molecule has 0 radical (unpaired) electrons. The zero-order valence-corrected chi connectivity index (χ0v) is 26.2. The van der Waals surface area contributed by atoms with E-state index in [2.05, 4.69) is 206 Å². The monoisotopic (exact) mass is 592 g/mol. The molecule has 0 spiro atoms. The zero-order valence-electron chi connectivity index (χ0n) is 26.2. The van der Waals surface area contributed by atoms with Gasteiger partial charge in [0.1, 0.15) is 0 Å². The average molecular weight is 593 g/mol. The number of fused-ring (bicyclic) bond motifs is 1. The Balaban J connectivity index is 1.14. The van der Waals surface area contributed by atoms with Crippen LogP contribution in [-0.2, 0) is 0 Å². The number of hydrogen-bond donors (Lipinski definition) is 0. The first-order chi connectivity index (χ1) is 22.6. The van der Waals surface area contributed by atoms with E-state index in [-0.39, 0.29) is 0 Å². The zero-order chi connectivity index (χ0) is 31.3. The summed E-state index contributed by atoms with van der Waals surface area (Å²) in [7, 11) is 0. The fourth-order valence-electron chi connectivity index (χ4n) is 5.86. The maximum absolute atomic E-state index is 2.33. The van der Waals surface area contributed by atoms with Crippen LogP contribution in [0, 0.1) is 13.8 Å². The van der Waals surface area contributed by atoms with Crippen LogP contribution < -0.4 is 9.80 Å². The van der Waals surface area contributed by atoms with Gasteiger partial charge in [-0.1, -0.05) is 114 Å². The van der Waals surface area contributed by atoms with Crippen molar-refractivity contribution < 1.29 is 0 Å². The molecule has 0 saturated carbocycles. The summed E-state index contributed by atoms with van der Waals surface area (Å²) in [6.07, 6.45) is 4.38. The van der Waals surface area contributed by atoms with Gasteiger partial charge >= 0.3 is 0 Å². The summed E-state index contributed by atoms with van der Waals surface area (Å²) in [6, 6.07) is 60.6. The van der Waals surface area contributed by atoms with Gasteiger partial charge in [0.2, 0.25) is 0 Å². The molecule has 0 fully saturated rings. The summed E-state index contributed by atoms with van der Waals surface area (Å²) < 4.78 is 0. The van der Waals surface area contributed by atoms with Crippen molar-refractivity contribution in [3.8, 4) is 0 Å². The normalized spacial score (nSPS) is 11.2. The van der Waals surface area contributed by atoms with Gasteiger partial charge in [-0.2, -0.15) is 0 Å². The third kappa shape index (κ3) is 6.33. The molecular formula is C44H36N2. The molecule has 0 aliphatic rings. The molecule has 0 aromatic heterocycles. The molecule has 0 amide bonds. The molecule has 0 saturated heterocycles.